The van der Waals surface area contributed by atoms with E-state index >= 15 is 0 Å². The summed E-state index contributed by atoms with van der Waals surface area (Å²) < 4.78 is 11.3. The summed E-state index contributed by atoms with van der Waals surface area (Å²) in [5, 5.41) is 7.01. The van der Waals surface area contributed by atoms with Crippen molar-refractivity contribution in [2.75, 3.05) is 34.8 Å². The third kappa shape index (κ3) is 4.25. The first-order valence-corrected chi connectivity index (χ1v) is 9.03. The van der Waals surface area contributed by atoms with Crippen molar-refractivity contribution < 1.29 is 9.47 Å². The SMILES string of the molecule is CN=C(NCC(c1cccc(OC)c1)N(C)C)NC1CC2CCC1O2. The third-order valence-corrected chi connectivity index (χ3v) is 5.22. The van der Waals surface area contributed by atoms with Crippen molar-refractivity contribution in [2.45, 2.75) is 43.6 Å². The molecule has 6 heteroatoms. The van der Waals surface area contributed by atoms with Crippen LogP contribution in [-0.4, -0.2) is 63.9 Å². The number of aliphatic imine (C=N–C) groups is 1. The molecule has 0 spiro atoms. The number of methoxy groups -OCH3 is 1. The second kappa shape index (κ2) is 8.06. The second-order valence-corrected chi connectivity index (χ2v) is 7.07. The van der Waals surface area contributed by atoms with Gasteiger partial charge >= 0.3 is 0 Å². The van der Waals surface area contributed by atoms with Crippen molar-refractivity contribution in [1.82, 2.24) is 15.5 Å². The van der Waals surface area contributed by atoms with E-state index in [2.05, 4.69) is 46.8 Å². The molecule has 2 aliphatic heterocycles. The molecule has 4 unspecified atom stereocenters. The second-order valence-electron chi connectivity index (χ2n) is 7.07. The number of likely N-dealkylation sites (N-methyl/N-ethyl adjacent to an activating group) is 1. The monoisotopic (exact) mass is 346 g/mol. The minimum atomic E-state index is 0.227. The molecule has 2 saturated heterocycles. The Bertz CT molecular complexity index is 605. The lowest BCUT2D eigenvalue weighted by Crippen LogP contribution is -2.49. The van der Waals surface area contributed by atoms with Gasteiger partial charge in [0, 0.05) is 13.6 Å². The van der Waals surface area contributed by atoms with E-state index in [1.807, 2.05) is 19.2 Å². The number of hydrogen-bond donors (Lipinski definition) is 2. The van der Waals surface area contributed by atoms with Gasteiger partial charge in [0.15, 0.2) is 5.96 Å². The molecule has 4 atom stereocenters. The molecule has 0 saturated carbocycles. The average Bonchev–Trinajstić information content (AvgIpc) is 3.23. The van der Waals surface area contributed by atoms with Gasteiger partial charge in [-0.2, -0.15) is 0 Å². The highest BCUT2D eigenvalue weighted by molar-refractivity contribution is 5.80. The van der Waals surface area contributed by atoms with E-state index in [0.29, 0.717) is 18.2 Å². The minimum absolute atomic E-state index is 0.227. The molecule has 2 N–H and O–H groups in total. The Morgan fingerprint density at radius 1 is 1.40 bits per heavy atom. The zero-order chi connectivity index (χ0) is 17.8. The highest BCUT2D eigenvalue weighted by atomic mass is 16.5. The van der Waals surface area contributed by atoms with Crippen LogP contribution >= 0.6 is 0 Å². The van der Waals surface area contributed by atoms with Gasteiger partial charge in [-0.1, -0.05) is 12.1 Å². The fraction of sp³-hybridized carbons (Fsp3) is 0.632. The first kappa shape index (κ1) is 18.0. The summed E-state index contributed by atoms with van der Waals surface area (Å²) in [4.78, 5) is 6.59. The predicted octanol–water partition coefficient (Wildman–Crippen LogP) is 1.78. The van der Waals surface area contributed by atoms with Crippen LogP contribution in [0.3, 0.4) is 0 Å². The Morgan fingerprint density at radius 2 is 2.24 bits per heavy atom. The van der Waals surface area contributed by atoms with E-state index in [1.165, 1.54) is 12.0 Å². The molecular formula is C19H30N4O2. The normalized spacial score (nSPS) is 26.8. The van der Waals surface area contributed by atoms with E-state index < -0.39 is 0 Å². The number of guanidine groups is 1. The first-order valence-electron chi connectivity index (χ1n) is 9.03. The number of nitrogens with one attached hydrogen (secondary N) is 2. The quantitative estimate of drug-likeness (QED) is 0.607. The number of benzene rings is 1. The maximum Gasteiger partial charge on any atom is 0.191 e. The van der Waals surface area contributed by atoms with Crippen LogP contribution < -0.4 is 15.4 Å². The molecule has 0 aliphatic carbocycles. The summed E-state index contributed by atoms with van der Waals surface area (Å²) >= 11 is 0. The first-order chi connectivity index (χ1) is 12.1. The van der Waals surface area contributed by atoms with Crippen LogP contribution in [0.5, 0.6) is 5.75 Å². The summed E-state index contributed by atoms with van der Waals surface area (Å²) in [6, 6.07) is 8.83. The van der Waals surface area contributed by atoms with E-state index in [1.54, 1.807) is 7.11 Å². The number of nitrogens with zero attached hydrogens (tertiary/aromatic N) is 2. The Hall–Kier alpha value is -1.79. The fourth-order valence-corrected chi connectivity index (χ4v) is 3.80. The number of rotatable bonds is 6. The van der Waals surface area contributed by atoms with Crippen molar-refractivity contribution >= 4 is 5.96 Å². The van der Waals surface area contributed by atoms with Crippen molar-refractivity contribution in [2.24, 2.45) is 4.99 Å². The Labute approximate surface area is 150 Å². The van der Waals surface area contributed by atoms with Crippen LogP contribution in [-0.2, 0) is 4.74 Å². The van der Waals surface area contributed by atoms with Crippen LogP contribution in [0.15, 0.2) is 29.3 Å². The lowest BCUT2D eigenvalue weighted by Gasteiger charge is -2.28. The van der Waals surface area contributed by atoms with Crippen molar-refractivity contribution in [3.05, 3.63) is 29.8 Å². The molecule has 2 fully saturated rings. The van der Waals surface area contributed by atoms with E-state index in [0.717, 1.165) is 31.1 Å². The minimum Gasteiger partial charge on any atom is -0.497 e. The molecule has 138 valence electrons. The molecular weight excluding hydrogens is 316 g/mol. The number of ether oxygens (including phenoxy) is 2. The molecule has 2 heterocycles. The molecule has 0 aromatic heterocycles. The van der Waals surface area contributed by atoms with E-state index in [-0.39, 0.29) is 6.04 Å². The third-order valence-electron chi connectivity index (χ3n) is 5.22. The lowest BCUT2D eigenvalue weighted by atomic mass is 9.96. The van der Waals surface area contributed by atoms with Crippen LogP contribution in [0.2, 0.25) is 0 Å². The fourth-order valence-electron chi connectivity index (χ4n) is 3.80. The van der Waals surface area contributed by atoms with Gasteiger partial charge in [-0.25, -0.2) is 0 Å². The van der Waals surface area contributed by atoms with Gasteiger partial charge in [-0.3, -0.25) is 4.99 Å². The van der Waals surface area contributed by atoms with Crippen LogP contribution in [0, 0.1) is 0 Å². The maximum atomic E-state index is 5.92. The summed E-state index contributed by atoms with van der Waals surface area (Å²) in [5.41, 5.74) is 1.22. The summed E-state index contributed by atoms with van der Waals surface area (Å²) in [6.07, 6.45) is 4.22. The number of fused-ring (bicyclic) bond motifs is 2. The summed E-state index contributed by atoms with van der Waals surface area (Å²) in [7, 11) is 7.70. The zero-order valence-electron chi connectivity index (χ0n) is 15.7. The molecule has 0 radical (unpaired) electrons. The molecule has 0 amide bonds. The van der Waals surface area contributed by atoms with Gasteiger partial charge < -0.3 is 25.0 Å². The number of hydrogen-bond acceptors (Lipinski definition) is 4. The smallest absolute Gasteiger partial charge is 0.191 e. The molecule has 1 aromatic rings. The topological polar surface area (TPSA) is 58.1 Å². The summed E-state index contributed by atoms with van der Waals surface area (Å²) in [6.45, 7) is 0.765. The lowest BCUT2D eigenvalue weighted by molar-refractivity contribution is 0.0992. The van der Waals surface area contributed by atoms with Gasteiger partial charge in [-0.05, 0) is 51.1 Å². The molecule has 3 rings (SSSR count). The van der Waals surface area contributed by atoms with Crippen LogP contribution in [0.1, 0.15) is 30.9 Å². The van der Waals surface area contributed by atoms with Gasteiger partial charge in [0.2, 0.25) is 0 Å². The standard InChI is InChI=1S/C19H30N4O2/c1-20-19(22-16-11-15-8-9-18(16)25-15)21-12-17(23(2)3)13-6-5-7-14(10-13)24-4/h5-7,10,15-18H,8-9,11-12H2,1-4H3,(H2,20,21,22). The van der Waals surface area contributed by atoms with Crippen molar-refractivity contribution in [1.29, 1.82) is 0 Å². The van der Waals surface area contributed by atoms with Gasteiger partial charge in [0.05, 0.1) is 31.4 Å². The average molecular weight is 346 g/mol. The molecule has 6 nitrogen and oxygen atoms in total. The molecule has 25 heavy (non-hydrogen) atoms. The van der Waals surface area contributed by atoms with Crippen molar-refractivity contribution in [3.8, 4) is 5.75 Å². The predicted molar refractivity (Wildman–Crippen MR) is 100 cm³/mol. The van der Waals surface area contributed by atoms with Crippen molar-refractivity contribution in [3.63, 3.8) is 0 Å². The van der Waals surface area contributed by atoms with Crippen LogP contribution in [0.25, 0.3) is 0 Å². The van der Waals surface area contributed by atoms with Gasteiger partial charge in [-0.15, -0.1) is 0 Å². The van der Waals surface area contributed by atoms with Gasteiger partial charge in [0.1, 0.15) is 5.75 Å². The molecule has 2 bridgehead atoms. The van der Waals surface area contributed by atoms with Crippen LogP contribution in [0.4, 0.5) is 0 Å². The Morgan fingerprint density at radius 3 is 2.84 bits per heavy atom. The highest BCUT2D eigenvalue weighted by Gasteiger charge is 2.41. The van der Waals surface area contributed by atoms with E-state index in [4.69, 9.17) is 9.47 Å². The zero-order valence-corrected chi connectivity index (χ0v) is 15.7. The summed E-state index contributed by atoms with van der Waals surface area (Å²) in [5.74, 6) is 1.72. The highest BCUT2D eigenvalue weighted by Crippen LogP contribution is 2.34. The molecule has 1 aromatic carbocycles. The maximum absolute atomic E-state index is 5.92. The molecule has 2 aliphatic rings. The Balaban J connectivity index is 1.60. The Kier molecular flexibility index (Phi) is 5.81. The largest absolute Gasteiger partial charge is 0.497 e. The van der Waals surface area contributed by atoms with E-state index in [9.17, 15) is 0 Å². The van der Waals surface area contributed by atoms with Gasteiger partial charge in [0.25, 0.3) is 0 Å².